The molecule has 1 aromatic rings. The number of piperidine rings is 1. The van der Waals surface area contributed by atoms with Gasteiger partial charge in [0.15, 0.2) is 0 Å². The summed E-state index contributed by atoms with van der Waals surface area (Å²) in [6.45, 7) is 8.24. The molecule has 0 spiro atoms. The van der Waals surface area contributed by atoms with Crippen molar-refractivity contribution in [2.45, 2.75) is 45.1 Å². The van der Waals surface area contributed by atoms with Gasteiger partial charge in [-0.25, -0.2) is 0 Å². The van der Waals surface area contributed by atoms with Gasteiger partial charge in [-0.3, -0.25) is 9.78 Å². The topological polar surface area (TPSA) is 51.2 Å². The minimum atomic E-state index is -0.318. The average Bonchev–Trinajstić information content (AvgIpc) is 2.40. The van der Waals surface area contributed by atoms with E-state index in [1.165, 1.54) is 18.4 Å². The lowest BCUT2D eigenvalue weighted by Crippen LogP contribution is -2.26. The van der Waals surface area contributed by atoms with E-state index in [4.69, 9.17) is 0 Å². The molecule has 1 saturated heterocycles. The lowest BCUT2D eigenvalue weighted by Gasteiger charge is -2.22. The van der Waals surface area contributed by atoms with Crippen LogP contribution in [0.25, 0.3) is 0 Å². The van der Waals surface area contributed by atoms with E-state index in [-0.39, 0.29) is 5.60 Å². The van der Waals surface area contributed by atoms with Gasteiger partial charge in [0.25, 0.3) is 6.47 Å². The Morgan fingerprint density at radius 3 is 2.26 bits per heavy atom. The zero-order valence-corrected chi connectivity index (χ0v) is 12.1. The molecule has 0 bridgehead atoms. The largest absolute Gasteiger partial charge is 0.462 e. The molecule has 4 heteroatoms. The van der Waals surface area contributed by atoms with E-state index in [9.17, 15) is 4.79 Å². The van der Waals surface area contributed by atoms with Crippen LogP contribution in [0.1, 0.15) is 45.1 Å². The summed E-state index contributed by atoms with van der Waals surface area (Å²) >= 11 is 0. The van der Waals surface area contributed by atoms with Crippen LogP contribution in [-0.4, -0.2) is 30.1 Å². The van der Waals surface area contributed by atoms with Crippen LogP contribution in [0.3, 0.4) is 0 Å². The summed E-state index contributed by atoms with van der Waals surface area (Å²) in [7, 11) is 0. The molecule has 1 fully saturated rings. The molecule has 0 amide bonds. The molecular formula is C15H24N2O2. The van der Waals surface area contributed by atoms with E-state index in [0.29, 0.717) is 6.47 Å². The number of nitrogens with one attached hydrogen (secondary N) is 1. The fourth-order valence-corrected chi connectivity index (χ4v) is 1.94. The minimum absolute atomic E-state index is 0.318. The predicted octanol–water partition coefficient (Wildman–Crippen LogP) is 2.51. The molecule has 1 aliphatic heterocycles. The normalized spacial score (nSPS) is 16.2. The molecule has 0 aliphatic carbocycles. The van der Waals surface area contributed by atoms with E-state index >= 15 is 0 Å². The highest BCUT2D eigenvalue weighted by Gasteiger charge is 2.13. The van der Waals surface area contributed by atoms with Crippen LogP contribution < -0.4 is 5.32 Å². The van der Waals surface area contributed by atoms with Crippen molar-refractivity contribution >= 4 is 6.47 Å². The van der Waals surface area contributed by atoms with Crippen molar-refractivity contribution in [3.8, 4) is 0 Å². The lowest BCUT2D eigenvalue weighted by atomic mass is 9.91. The fourth-order valence-electron chi connectivity index (χ4n) is 1.94. The number of nitrogens with zero attached hydrogens (tertiary/aromatic N) is 1. The summed E-state index contributed by atoms with van der Waals surface area (Å²) in [5.41, 5.74) is 1.13. The predicted molar refractivity (Wildman–Crippen MR) is 76.0 cm³/mol. The second kappa shape index (κ2) is 7.89. The molecule has 1 N–H and O–H groups in total. The quantitative estimate of drug-likeness (QED) is 0.834. The van der Waals surface area contributed by atoms with Crippen LogP contribution in [0.4, 0.5) is 0 Å². The molecule has 1 aromatic heterocycles. The number of carbonyl (C=O) groups is 1. The molecule has 0 aromatic carbocycles. The van der Waals surface area contributed by atoms with Crippen LogP contribution in [0.5, 0.6) is 0 Å². The van der Waals surface area contributed by atoms with Crippen molar-refractivity contribution in [2.24, 2.45) is 0 Å². The monoisotopic (exact) mass is 264 g/mol. The highest BCUT2D eigenvalue weighted by atomic mass is 16.5. The maximum Gasteiger partial charge on any atom is 0.293 e. The Balaban J connectivity index is 0.000000224. The molecule has 2 rings (SSSR count). The first kappa shape index (κ1) is 15.6. The van der Waals surface area contributed by atoms with E-state index in [1.807, 2.05) is 33.2 Å². The molecule has 19 heavy (non-hydrogen) atoms. The fraction of sp³-hybridized carbons (Fsp3) is 0.600. The summed E-state index contributed by atoms with van der Waals surface area (Å²) in [5, 5.41) is 3.37. The number of hydrogen-bond donors (Lipinski definition) is 1. The Morgan fingerprint density at radius 1 is 1.26 bits per heavy atom. The smallest absolute Gasteiger partial charge is 0.293 e. The summed E-state index contributed by atoms with van der Waals surface area (Å²) in [6.07, 6.45) is 6.31. The molecule has 4 nitrogen and oxygen atoms in total. The van der Waals surface area contributed by atoms with Gasteiger partial charge in [-0.05, 0) is 70.3 Å². The van der Waals surface area contributed by atoms with E-state index in [0.717, 1.165) is 19.0 Å². The van der Waals surface area contributed by atoms with Crippen LogP contribution >= 0.6 is 0 Å². The van der Waals surface area contributed by atoms with Gasteiger partial charge in [0.05, 0.1) is 0 Å². The highest BCUT2D eigenvalue weighted by Crippen LogP contribution is 2.23. The molecule has 0 unspecified atom stereocenters. The molecule has 0 atom stereocenters. The van der Waals surface area contributed by atoms with Gasteiger partial charge < -0.3 is 10.1 Å². The van der Waals surface area contributed by atoms with Gasteiger partial charge in [-0.1, -0.05) is 0 Å². The summed E-state index contributed by atoms with van der Waals surface area (Å²) in [5.74, 6) is 0.759. The molecule has 0 radical (unpaired) electrons. The number of aromatic nitrogens is 1. The first-order chi connectivity index (χ1) is 9.03. The SMILES string of the molecule is CC(C)(C)OC=O.c1cc(C2CCNCC2)ccn1. The summed E-state index contributed by atoms with van der Waals surface area (Å²) < 4.78 is 4.55. The third-order valence-electron chi connectivity index (χ3n) is 2.92. The lowest BCUT2D eigenvalue weighted by molar-refractivity contribution is -0.138. The summed E-state index contributed by atoms with van der Waals surface area (Å²) in [6, 6.07) is 4.27. The van der Waals surface area contributed by atoms with Gasteiger partial charge in [-0.15, -0.1) is 0 Å². The zero-order valence-electron chi connectivity index (χ0n) is 12.1. The van der Waals surface area contributed by atoms with E-state index in [1.54, 1.807) is 0 Å². The van der Waals surface area contributed by atoms with Gasteiger partial charge in [0.1, 0.15) is 5.60 Å². The number of ether oxygens (including phenoxy) is 1. The van der Waals surface area contributed by atoms with Crippen molar-refractivity contribution in [3.63, 3.8) is 0 Å². The number of pyridine rings is 1. The number of rotatable bonds is 2. The molecule has 0 saturated carbocycles. The second-order valence-corrected chi connectivity index (χ2v) is 5.63. The van der Waals surface area contributed by atoms with E-state index < -0.39 is 0 Å². The van der Waals surface area contributed by atoms with Gasteiger partial charge in [0, 0.05) is 12.4 Å². The maximum absolute atomic E-state index is 9.60. The first-order valence-electron chi connectivity index (χ1n) is 6.75. The number of hydrogen-bond acceptors (Lipinski definition) is 4. The Morgan fingerprint density at radius 2 is 1.84 bits per heavy atom. The molecular weight excluding hydrogens is 240 g/mol. The van der Waals surface area contributed by atoms with Crippen LogP contribution in [0.15, 0.2) is 24.5 Å². The summed E-state index contributed by atoms with van der Waals surface area (Å²) in [4.78, 5) is 13.6. The second-order valence-electron chi connectivity index (χ2n) is 5.63. The van der Waals surface area contributed by atoms with Gasteiger partial charge in [0.2, 0.25) is 0 Å². The molecule has 1 aliphatic rings. The number of carbonyl (C=O) groups excluding carboxylic acids is 1. The van der Waals surface area contributed by atoms with Crippen molar-refractivity contribution in [1.82, 2.24) is 10.3 Å². The minimum Gasteiger partial charge on any atom is -0.462 e. The Hall–Kier alpha value is -1.42. The Bertz CT molecular complexity index is 354. The van der Waals surface area contributed by atoms with Crippen molar-refractivity contribution in [2.75, 3.05) is 13.1 Å². The Labute approximate surface area is 115 Å². The van der Waals surface area contributed by atoms with Crippen LogP contribution in [0, 0.1) is 0 Å². The molecule has 106 valence electrons. The standard InChI is InChI=1S/C10H14N2.C5H10O2/c1-5-11-6-2-9(1)10-3-7-12-8-4-10;1-5(2,3)7-4-6/h1-2,5-6,10,12H,3-4,7-8H2;4H,1-3H3. The first-order valence-corrected chi connectivity index (χ1v) is 6.75. The van der Waals surface area contributed by atoms with Crippen molar-refractivity contribution < 1.29 is 9.53 Å². The van der Waals surface area contributed by atoms with E-state index in [2.05, 4.69) is 27.2 Å². The average molecular weight is 264 g/mol. The van der Waals surface area contributed by atoms with Crippen LogP contribution in [0.2, 0.25) is 0 Å². The van der Waals surface area contributed by atoms with Gasteiger partial charge >= 0.3 is 0 Å². The van der Waals surface area contributed by atoms with Gasteiger partial charge in [-0.2, -0.15) is 0 Å². The third kappa shape index (κ3) is 6.91. The zero-order chi connectivity index (χ0) is 14.1. The highest BCUT2D eigenvalue weighted by molar-refractivity contribution is 5.37. The third-order valence-corrected chi connectivity index (χ3v) is 2.92. The molecule has 2 heterocycles. The van der Waals surface area contributed by atoms with Crippen LogP contribution in [-0.2, 0) is 9.53 Å². The van der Waals surface area contributed by atoms with Crippen molar-refractivity contribution in [3.05, 3.63) is 30.1 Å². The Kier molecular flexibility index (Phi) is 6.50. The van der Waals surface area contributed by atoms with Crippen molar-refractivity contribution in [1.29, 1.82) is 0 Å². The maximum atomic E-state index is 9.60.